The maximum atomic E-state index is 12.2. The third kappa shape index (κ3) is 3.32. The van der Waals surface area contributed by atoms with Crippen molar-refractivity contribution in [2.45, 2.75) is 6.42 Å². The summed E-state index contributed by atoms with van der Waals surface area (Å²) in [6.07, 6.45) is 4.60. The fourth-order valence-corrected chi connectivity index (χ4v) is 2.20. The van der Waals surface area contributed by atoms with Crippen LogP contribution in [0.1, 0.15) is 16.8 Å². The summed E-state index contributed by atoms with van der Waals surface area (Å²) in [5, 5.41) is 17.2. The van der Waals surface area contributed by atoms with Crippen molar-refractivity contribution >= 4 is 5.91 Å². The van der Waals surface area contributed by atoms with Gasteiger partial charge in [-0.25, -0.2) is 4.68 Å². The molecule has 1 aliphatic rings. The average Bonchev–Trinajstić information content (AvgIpc) is 3.08. The number of carbonyl (C=O) groups excluding carboxylic acids is 1. The summed E-state index contributed by atoms with van der Waals surface area (Å²) in [5.74, 6) is -0.0932. The minimum atomic E-state index is -0.0932. The molecule has 0 radical (unpaired) electrons. The van der Waals surface area contributed by atoms with Crippen LogP contribution < -0.4 is 10.6 Å². The monoisotopic (exact) mass is 284 g/mol. The Morgan fingerprint density at radius 3 is 3.14 bits per heavy atom. The first-order valence-corrected chi connectivity index (χ1v) is 6.83. The number of carbonyl (C=O) groups is 1. The third-order valence-corrected chi connectivity index (χ3v) is 3.36. The number of tetrazole rings is 1. The molecule has 2 heterocycles. The molecule has 0 unspecified atom stereocenters. The Balaban J connectivity index is 1.67. The van der Waals surface area contributed by atoms with Gasteiger partial charge in [-0.15, -0.1) is 5.10 Å². The van der Waals surface area contributed by atoms with E-state index < -0.39 is 0 Å². The highest BCUT2D eigenvalue weighted by Gasteiger charge is 2.09. The molecule has 7 heteroatoms. The van der Waals surface area contributed by atoms with E-state index in [0.717, 1.165) is 25.2 Å². The second-order valence-electron chi connectivity index (χ2n) is 4.80. The molecular weight excluding hydrogens is 268 g/mol. The van der Waals surface area contributed by atoms with Crippen molar-refractivity contribution in [1.82, 2.24) is 30.8 Å². The molecule has 1 aromatic carbocycles. The minimum Gasteiger partial charge on any atom is -0.348 e. The molecule has 0 saturated heterocycles. The topological polar surface area (TPSA) is 84.7 Å². The highest BCUT2D eigenvalue weighted by Crippen LogP contribution is 2.09. The van der Waals surface area contributed by atoms with E-state index in [1.165, 1.54) is 16.6 Å². The number of hydrogen-bond acceptors (Lipinski definition) is 5. The molecule has 21 heavy (non-hydrogen) atoms. The summed E-state index contributed by atoms with van der Waals surface area (Å²) in [4.78, 5) is 12.2. The van der Waals surface area contributed by atoms with Crippen LogP contribution in [0.2, 0.25) is 0 Å². The molecule has 0 saturated carbocycles. The minimum absolute atomic E-state index is 0.0932. The zero-order valence-electron chi connectivity index (χ0n) is 11.5. The van der Waals surface area contributed by atoms with Crippen LogP contribution in [0, 0.1) is 0 Å². The fourth-order valence-electron chi connectivity index (χ4n) is 2.20. The van der Waals surface area contributed by atoms with E-state index in [9.17, 15) is 4.79 Å². The summed E-state index contributed by atoms with van der Waals surface area (Å²) in [6, 6.07) is 7.21. The molecule has 108 valence electrons. The van der Waals surface area contributed by atoms with Gasteiger partial charge in [-0.1, -0.05) is 17.7 Å². The van der Waals surface area contributed by atoms with E-state index in [-0.39, 0.29) is 5.91 Å². The molecule has 0 spiro atoms. The van der Waals surface area contributed by atoms with Crippen LogP contribution in [0.5, 0.6) is 0 Å². The smallest absolute Gasteiger partial charge is 0.251 e. The van der Waals surface area contributed by atoms with Crippen molar-refractivity contribution in [2.75, 3.05) is 19.6 Å². The normalized spacial score (nSPS) is 14.6. The number of aromatic nitrogens is 4. The number of rotatable bonds is 4. The van der Waals surface area contributed by atoms with Crippen molar-refractivity contribution in [2.24, 2.45) is 0 Å². The largest absolute Gasteiger partial charge is 0.348 e. The quantitative estimate of drug-likeness (QED) is 0.789. The van der Waals surface area contributed by atoms with E-state index in [4.69, 9.17) is 0 Å². The molecule has 7 nitrogen and oxygen atoms in total. The molecule has 1 amide bonds. The van der Waals surface area contributed by atoms with Crippen molar-refractivity contribution in [3.05, 3.63) is 47.8 Å². The van der Waals surface area contributed by atoms with Gasteiger partial charge >= 0.3 is 0 Å². The molecule has 2 N–H and O–H groups in total. The van der Waals surface area contributed by atoms with Crippen LogP contribution >= 0.6 is 0 Å². The average molecular weight is 284 g/mol. The van der Waals surface area contributed by atoms with Gasteiger partial charge < -0.3 is 10.6 Å². The van der Waals surface area contributed by atoms with Crippen molar-refractivity contribution in [1.29, 1.82) is 0 Å². The van der Waals surface area contributed by atoms with Gasteiger partial charge in [0.25, 0.3) is 5.91 Å². The van der Waals surface area contributed by atoms with E-state index >= 15 is 0 Å². The summed E-state index contributed by atoms with van der Waals surface area (Å²) < 4.78 is 1.52. The van der Waals surface area contributed by atoms with Crippen LogP contribution in [0.15, 0.2) is 42.2 Å². The second-order valence-corrected chi connectivity index (χ2v) is 4.80. The highest BCUT2D eigenvalue weighted by atomic mass is 16.1. The Morgan fingerprint density at radius 1 is 1.43 bits per heavy atom. The lowest BCUT2D eigenvalue weighted by Gasteiger charge is -2.14. The van der Waals surface area contributed by atoms with Crippen molar-refractivity contribution < 1.29 is 4.79 Å². The molecule has 2 aromatic rings. The Hall–Kier alpha value is -2.54. The van der Waals surface area contributed by atoms with E-state index in [0.29, 0.717) is 12.1 Å². The number of nitrogens with one attached hydrogen (secondary N) is 2. The molecule has 0 aliphatic carbocycles. The van der Waals surface area contributed by atoms with Crippen LogP contribution in [0.4, 0.5) is 0 Å². The number of nitrogens with zero attached hydrogens (tertiary/aromatic N) is 4. The number of hydrogen-bond donors (Lipinski definition) is 2. The molecule has 1 aliphatic heterocycles. The number of amides is 1. The van der Waals surface area contributed by atoms with Gasteiger partial charge in [0.2, 0.25) is 0 Å². The maximum absolute atomic E-state index is 12.2. The van der Waals surface area contributed by atoms with Gasteiger partial charge in [-0.05, 0) is 41.6 Å². The van der Waals surface area contributed by atoms with E-state index in [2.05, 4.69) is 32.2 Å². The first kappa shape index (κ1) is 13.4. The predicted octanol–water partition coefficient (Wildman–Crippen LogP) is 0.312. The SMILES string of the molecule is O=C(NCC1=CCNCC1)c1cccc(-n2cnnn2)c1. The third-order valence-electron chi connectivity index (χ3n) is 3.36. The summed E-state index contributed by atoms with van der Waals surface area (Å²) in [5.41, 5.74) is 2.62. The lowest BCUT2D eigenvalue weighted by molar-refractivity contribution is 0.0956. The maximum Gasteiger partial charge on any atom is 0.251 e. The van der Waals surface area contributed by atoms with Crippen LogP contribution in [0.25, 0.3) is 5.69 Å². The lowest BCUT2D eigenvalue weighted by atomic mass is 10.1. The van der Waals surface area contributed by atoms with Gasteiger partial charge in [0.05, 0.1) is 5.69 Å². The van der Waals surface area contributed by atoms with E-state index in [1.54, 1.807) is 12.1 Å². The van der Waals surface area contributed by atoms with Crippen molar-refractivity contribution in [3.63, 3.8) is 0 Å². The Bertz CT molecular complexity index is 649. The van der Waals surface area contributed by atoms with Gasteiger partial charge in [0.1, 0.15) is 6.33 Å². The Labute approximate surface area is 122 Å². The zero-order valence-corrected chi connectivity index (χ0v) is 11.5. The molecule has 0 atom stereocenters. The van der Waals surface area contributed by atoms with Gasteiger partial charge in [-0.2, -0.15) is 0 Å². The summed E-state index contributed by atoms with van der Waals surface area (Å²) in [6.45, 7) is 2.44. The van der Waals surface area contributed by atoms with Gasteiger partial charge in [0.15, 0.2) is 0 Å². The molecule has 1 aromatic heterocycles. The standard InChI is InChI=1S/C14H16N6O/c21-14(16-9-11-4-6-15-7-5-11)12-2-1-3-13(8-12)20-10-17-18-19-20/h1-4,8,10,15H,5-7,9H2,(H,16,21). The summed E-state index contributed by atoms with van der Waals surface area (Å²) >= 11 is 0. The van der Waals surface area contributed by atoms with Gasteiger partial charge in [-0.3, -0.25) is 4.79 Å². The Morgan fingerprint density at radius 2 is 2.38 bits per heavy atom. The van der Waals surface area contributed by atoms with E-state index in [1.807, 2.05) is 12.1 Å². The van der Waals surface area contributed by atoms with Crippen LogP contribution in [0.3, 0.4) is 0 Å². The van der Waals surface area contributed by atoms with Crippen LogP contribution in [-0.2, 0) is 0 Å². The lowest BCUT2D eigenvalue weighted by Crippen LogP contribution is -2.29. The second kappa shape index (κ2) is 6.27. The molecule has 3 rings (SSSR count). The molecule has 0 bridgehead atoms. The molecule has 0 fully saturated rings. The molecular formula is C14H16N6O. The zero-order chi connectivity index (χ0) is 14.5. The first-order chi connectivity index (χ1) is 10.3. The van der Waals surface area contributed by atoms with Crippen molar-refractivity contribution in [3.8, 4) is 5.69 Å². The highest BCUT2D eigenvalue weighted by molar-refractivity contribution is 5.94. The van der Waals surface area contributed by atoms with Crippen LogP contribution in [-0.4, -0.2) is 45.7 Å². The fraction of sp³-hybridized carbons (Fsp3) is 0.286. The summed E-state index contributed by atoms with van der Waals surface area (Å²) in [7, 11) is 0. The van der Waals surface area contributed by atoms with Gasteiger partial charge in [0, 0.05) is 18.7 Å². The number of benzene rings is 1. The Kier molecular flexibility index (Phi) is 4.02. The first-order valence-electron chi connectivity index (χ1n) is 6.83. The predicted molar refractivity (Wildman–Crippen MR) is 77.1 cm³/mol.